The van der Waals surface area contributed by atoms with E-state index in [1.165, 1.54) is 0 Å². The normalized spacial score (nSPS) is 20.2. The number of hydrogen-bond acceptors (Lipinski definition) is 5. The molecule has 32 heavy (non-hydrogen) atoms. The molecule has 4 amide bonds. The Bertz CT molecular complexity index is 1070. The summed E-state index contributed by atoms with van der Waals surface area (Å²) in [6.45, 7) is 8.48. The number of anilines is 1. The summed E-state index contributed by atoms with van der Waals surface area (Å²) in [6.07, 6.45) is 0. The quantitative estimate of drug-likeness (QED) is 0.717. The molecule has 2 aromatic carbocycles. The van der Waals surface area contributed by atoms with E-state index in [2.05, 4.69) is 31.4 Å². The summed E-state index contributed by atoms with van der Waals surface area (Å²) in [5.74, 6) is 0.188. The number of carbonyl (C=O) groups is 3. The Kier molecular flexibility index (Phi) is 5.32. The highest BCUT2D eigenvalue weighted by atomic mass is 16.6. The average Bonchev–Trinajstić information content (AvgIpc) is 2.97. The maximum atomic E-state index is 13.1. The molecule has 2 aliphatic heterocycles. The third-order valence-electron chi connectivity index (χ3n) is 5.73. The molecule has 168 valence electrons. The predicted octanol–water partition coefficient (Wildman–Crippen LogP) is 3.16. The molecule has 1 fully saturated rings. The van der Waals surface area contributed by atoms with E-state index in [9.17, 15) is 14.4 Å². The first kappa shape index (κ1) is 21.7. The van der Waals surface area contributed by atoms with Crippen LogP contribution in [0.3, 0.4) is 0 Å². The van der Waals surface area contributed by atoms with Crippen LogP contribution < -0.4 is 20.1 Å². The molecule has 0 radical (unpaired) electrons. The summed E-state index contributed by atoms with van der Waals surface area (Å²) >= 11 is 0. The number of benzene rings is 2. The zero-order chi connectivity index (χ0) is 23.1. The number of nitrogens with one attached hydrogen (secondary N) is 2. The number of nitrogens with zero attached hydrogens (tertiary/aromatic N) is 1. The largest absolute Gasteiger partial charge is 0.486 e. The first-order valence-corrected chi connectivity index (χ1v) is 10.5. The van der Waals surface area contributed by atoms with Crippen molar-refractivity contribution in [1.29, 1.82) is 0 Å². The van der Waals surface area contributed by atoms with E-state index in [-0.39, 0.29) is 5.41 Å². The van der Waals surface area contributed by atoms with Gasteiger partial charge in [0.15, 0.2) is 11.5 Å². The molecule has 0 unspecified atom stereocenters. The molecule has 2 heterocycles. The summed E-state index contributed by atoms with van der Waals surface area (Å²) in [5.41, 5.74) is 1.02. The minimum Gasteiger partial charge on any atom is -0.486 e. The predicted molar refractivity (Wildman–Crippen MR) is 119 cm³/mol. The van der Waals surface area contributed by atoms with E-state index < -0.39 is 29.9 Å². The van der Waals surface area contributed by atoms with Gasteiger partial charge >= 0.3 is 6.03 Å². The van der Waals surface area contributed by atoms with Crippen LogP contribution in [0.4, 0.5) is 10.5 Å². The van der Waals surface area contributed by atoms with Crippen molar-refractivity contribution in [2.45, 2.75) is 38.6 Å². The lowest BCUT2D eigenvalue weighted by Gasteiger charge is -2.24. The van der Waals surface area contributed by atoms with Gasteiger partial charge in [0.25, 0.3) is 5.91 Å². The Hall–Kier alpha value is -3.55. The summed E-state index contributed by atoms with van der Waals surface area (Å²) in [6, 6.07) is 12.0. The van der Waals surface area contributed by atoms with Crippen molar-refractivity contribution in [3.05, 3.63) is 53.6 Å². The van der Waals surface area contributed by atoms with Crippen molar-refractivity contribution in [1.82, 2.24) is 10.2 Å². The van der Waals surface area contributed by atoms with Crippen LogP contribution in [0.25, 0.3) is 0 Å². The van der Waals surface area contributed by atoms with Gasteiger partial charge in [-0.25, -0.2) is 4.79 Å². The molecule has 1 atom stereocenters. The fourth-order valence-electron chi connectivity index (χ4n) is 3.81. The lowest BCUT2D eigenvalue weighted by atomic mass is 9.84. The molecule has 2 aliphatic rings. The highest BCUT2D eigenvalue weighted by molar-refractivity contribution is 6.10. The third kappa shape index (κ3) is 4.00. The van der Waals surface area contributed by atoms with E-state index in [0.29, 0.717) is 36.0 Å². The van der Waals surface area contributed by atoms with Gasteiger partial charge in [0, 0.05) is 11.8 Å². The van der Waals surface area contributed by atoms with Crippen molar-refractivity contribution in [2.75, 3.05) is 25.1 Å². The van der Waals surface area contributed by atoms with E-state index >= 15 is 0 Å². The van der Waals surface area contributed by atoms with Gasteiger partial charge in [-0.15, -0.1) is 0 Å². The van der Waals surface area contributed by atoms with Crippen molar-refractivity contribution in [3.8, 4) is 11.5 Å². The van der Waals surface area contributed by atoms with Gasteiger partial charge in [-0.1, -0.05) is 45.0 Å². The zero-order valence-electron chi connectivity index (χ0n) is 18.7. The van der Waals surface area contributed by atoms with Crippen LogP contribution in [0.2, 0.25) is 0 Å². The lowest BCUT2D eigenvalue weighted by Crippen LogP contribution is -2.42. The molecule has 0 aliphatic carbocycles. The van der Waals surface area contributed by atoms with Crippen LogP contribution in [0.1, 0.15) is 38.8 Å². The molecule has 0 bridgehead atoms. The molecule has 2 N–H and O–H groups in total. The molecule has 4 rings (SSSR count). The molecule has 2 aromatic rings. The summed E-state index contributed by atoms with van der Waals surface area (Å²) in [7, 11) is 0. The van der Waals surface area contributed by atoms with Crippen molar-refractivity contribution in [3.63, 3.8) is 0 Å². The van der Waals surface area contributed by atoms with E-state index in [1.807, 2.05) is 24.3 Å². The SMILES string of the molecule is CC(C)(C)c1ccc([C@@]2(C)NC(=O)N(CC(=O)Nc3ccc4c(c3)OCCO4)C2=O)cc1. The van der Waals surface area contributed by atoms with Crippen LogP contribution >= 0.6 is 0 Å². The fraction of sp³-hybridized carbons (Fsp3) is 0.375. The number of rotatable bonds is 4. The Labute approximate surface area is 186 Å². The zero-order valence-corrected chi connectivity index (χ0v) is 18.7. The number of urea groups is 1. The van der Waals surface area contributed by atoms with Crippen LogP contribution in [-0.2, 0) is 20.5 Å². The fourth-order valence-corrected chi connectivity index (χ4v) is 3.81. The molecule has 0 aromatic heterocycles. The number of amides is 4. The van der Waals surface area contributed by atoms with Gasteiger partial charge in [0.1, 0.15) is 25.3 Å². The monoisotopic (exact) mass is 437 g/mol. The Morgan fingerprint density at radius 1 is 1.06 bits per heavy atom. The minimum atomic E-state index is -1.23. The molecule has 8 nitrogen and oxygen atoms in total. The molecular weight excluding hydrogens is 410 g/mol. The van der Waals surface area contributed by atoms with Crippen LogP contribution in [-0.4, -0.2) is 42.5 Å². The Morgan fingerprint density at radius 2 is 1.72 bits per heavy atom. The van der Waals surface area contributed by atoms with Crippen molar-refractivity contribution < 1.29 is 23.9 Å². The molecule has 8 heteroatoms. The maximum absolute atomic E-state index is 13.1. The molecule has 1 saturated heterocycles. The second-order valence-electron chi connectivity index (χ2n) is 9.18. The standard InChI is InChI=1S/C24H27N3O5/c1-23(2,3)15-5-7-16(8-6-15)24(4)21(29)27(22(30)26-24)14-20(28)25-17-9-10-18-19(13-17)32-12-11-31-18/h5-10,13H,11-12,14H2,1-4H3,(H,25,28)(H,26,30)/t24-/m1/s1. The highest BCUT2D eigenvalue weighted by Gasteiger charge is 2.49. The van der Waals surface area contributed by atoms with Gasteiger partial charge < -0.3 is 20.1 Å². The van der Waals surface area contributed by atoms with Crippen LogP contribution in [0.5, 0.6) is 11.5 Å². The highest BCUT2D eigenvalue weighted by Crippen LogP contribution is 2.33. The first-order chi connectivity index (χ1) is 15.1. The van der Waals surface area contributed by atoms with Crippen molar-refractivity contribution >= 4 is 23.5 Å². The smallest absolute Gasteiger partial charge is 0.325 e. The third-order valence-corrected chi connectivity index (χ3v) is 5.73. The molecular formula is C24H27N3O5. The minimum absolute atomic E-state index is 0.0274. The second-order valence-corrected chi connectivity index (χ2v) is 9.18. The number of imide groups is 1. The Balaban J connectivity index is 1.46. The average molecular weight is 437 g/mol. The van der Waals surface area contributed by atoms with E-state index in [0.717, 1.165) is 10.5 Å². The Morgan fingerprint density at radius 3 is 2.38 bits per heavy atom. The molecule has 0 spiro atoms. The number of carbonyl (C=O) groups excluding carboxylic acids is 3. The van der Waals surface area contributed by atoms with Gasteiger partial charge in [0.2, 0.25) is 5.91 Å². The van der Waals surface area contributed by atoms with Gasteiger partial charge in [-0.05, 0) is 35.6 Å². The van der Waals surface area contributed by atoms with Crippen LogP contribution in [0, 0.1) is 0 Å². The van der Waals surface area contributed by atoms with Gasteiger partial charge in [0.05, 0.1) is 0 Å². The second kappa shape index (κ2) is 7.85. The topological polar surface area (TPSA) is 97.0 Å². The summed E-state index contributed by atoms with van der Waals surface area (Å²) in [4.78, 5) is 39.2. The maximum Gasteiger partial charge on any atom is 0.325 e. The molecule has 0 saturated carbocycles. The van der Waals surface area contributed by atoms with E-state index in [1.54, 1.807) is 25.1 Å². The number of hydrogen-bond donors (Lipinski definition) is 2. The number of fused-ring (bicyclic) bond motifs is 1. The van der Waals surface area contributed by atoms with Crippen LogP contribution in [0.15, 0.2) is 42.5 Å². The first-order valence-electron chi connectivity index (χ1n) is 10.5. The summed E-state index contributed by atoms with van der Waals surface area (Å²) < 4.78 is 11.0. The number of ether oxygens (including phenoxy) is 2. The van der Waals surface area contributed by atoms with Crippen molar-refractivity contribution in [2.24, 2.45) is 0 Å². The van der Waals surface area contributed by atoms with Gasteiger partial charge in [-0.3, -0.25) is 14.5 Å². The van der Waals surface area contributed by atoms with E-state index in [4.69, 9.17) is 9.47 Å². The lowest BCUT2D eigenvalue weighted by molar-refractivity contribution is -0.133. The van der Waals surface area contributed by atoms with Gasteiger partial charge in [-0.2, -0.15) is 0 Å². The summed E-state index contributed by atoms with van der Waals surface area (Å²) in [5, 5.41) is 5.44.